The van der Waals surface area contributed by atoms with Gasteiger partial charge in [0.25, 0.3) is 5.56 Å². The normalized spacial score (nSPS) is 11.1. The summed E-state index contributed by atoms with van der Waals surface area (Å²) in [5.41, 5.74) is 2.14. The molecule has 0 radical (unpaired) electrons. The van der Waals surface area contributed by atoms with Crippen LogP contribution in [0, 0.1) is 5.82 Å². The fraction of sp³-hybridized carbons (Fsp3) is 0.148. The standard InChI is InChI=1S/C27H23FN4O3/c1-35-20-12-10-18(11-13-20)14-29-25(33)17-32-27(34)26-22(15-30-32)21-7-3-5-9-24(21)31(26)16-19-6-2-4-8-23(19)28/h2-13,15H,14,16-17H2,1H3,(H,29,33). The molecule has 0 aliphatic rings. The van der Waals surface area contributed by atoms with E-state index in [1.807, 2.05) is 48.5 Å². The number of carbonyl (C=O) groups is 1. The van der Waals surface area contributed by atoms with Gasteiger partial charge in [0.2, 0.25) is 5.91 Å². The number of carbonyl (C=O) groups excluding carboxylic acids is 1. The Balaban J connectivity index is 1.46. The smallest absolute Gasteiger partial charge is 0.291 e. The van der Waals surface area contributed by atoms with Crippen LogP contribution in [0.4, 0.5) is 4.39 Å². The van der Waals surface area contributed by atoms with E-state index in [1.54, 1.807) is 36.1 Å². The number of benzene rings is 3. The summed E-state index contributed by atoms with van der Waals surface area (Å²) >= 11 is 0. The van der Waals surface area contributed by atoms with Gasteiger partial charge in [-0.2, -0.15) is 5.10 Å². The van der Waals surface area contributed by atoms with Gasteiger partial charge >= 0.3 is 0 Å². The van der Waals surface area contributed by atoms with Crippen molar-refractivity contribution in [3.63, 3.8) is 0 Å². The van der Waals surface area contributed by atoms with Gasteiger partial charge in [0.15, 0.2) is 0 Å². The summed E-state index contributed by atoms with van der Waals surface area (Å²) in [6, 6.07) is 21.4. The molecule has 0 saturated carbocycles. The highest BCUT2D eigenvalue weighted by atomic mass is 19.1. The quantitative estimate of drug-likeness (QED) is 0.392. The third-order valence-corrected chi connectivity index (χ3v) is 6.00. The molecule has 3 aromatic carbocycles. The van der Waals surface area contributed by atoms with Crippen LogP contribution in [-0.4, -0.2) is 27.4 Å². The molecule has 2 aromatic heterocycles. The molecule has 0 fully saturated rings. The van der Waals surface area contributed by atoms with E-state index in [0.29, 0.717) is 23.0 Å². The van der Waals surface area contributed by atoms with E-state index in [9.17, 15) is 14.0 Å². The van der Waals surface area contributed by atoms with E-state index in [0.717, 1.165) is 26.9 Å². The number of fused-ring (bicyclic) bond motifs is 3. The van der Waals surface area contributed by atoms with Crippen LogP contribution in [0.2, 0.25) is 0 Å². The fourth-order valence-electron chi connectivity index (χ4n) is 4.20. The molecule has 0 aliphatic heterocycles. The number of aromatic nitrogens is 3. The highest BCUT2D eigenvalue weighted by Gasteiger charge is 2.18. The van der Waals surface area contributed by atoms with Crippen LogP contribution in [-0.2, 0) is 24.4 Å². The van der Waals surface area contributed by atoms with Crippen LogP contribution in [0.1, 0.15) is 11.1 Å². The Hall–Kier alpha value is -4.46. The van der Waals surface area contributed by atoms with Crippen molar-refractivity contribution in [3.8, 4) is 5.75 Å². The largest absolute Gasteiger partial charge is 0.497 e. The monoisotopic (exact) mass is 470 g/mol. The van der Waals surface area contributed by atoms with Crippen molar-refractivity contribution in [3.05, 3.63) is 106 Å². The lowest BCUT2D eigenvalue weighted by Crippen LogP contribution is -2.33. The number of rotatable bonds is 7. The second kappa shape index (κ2) is 9.42. The summed E-state index contributed by atoms with van der Waals surface area (Å²) < 4.78 is 22.5. The van der Waals surface area contributed by atoms with Gasteiger partial charge in [-0.3, -0.25) is 9.59 Å². The average Bonchev–Trinajstić information content (AvgIpc) is 3.20. The molecule has 176 valence electrons. The number of methoxy groups -OCH3 is 1. The van der Waals surface area contributed by atoms with Gasteiger partial charge in [0.05, 0.1) is 19.9 Å². The van der Waals surface area contributed by atoms with Gasteiger partial charge < -0.3 is 14.6 Å². The molecule has 5 rings (SSSR count). The van der Waals surface area contributed by atoms with E-state index in [-0.39, 0.29) is 24.8 Å². The molecule has 0 atom stereocenters. The molecule has 1 amide bonds. The summed E-state index contributed by atoms with van der Waals surface area (Å²) in [5.74, 6) is 0.0483. The first kappa shape index (κ1) is 22.3. The van der Waals surface area contributed by atoms with Crippen LogP contribution >= 0.6 is 0 Å². The molecule has 0 spiro atoms. The first-order valence-corrected chi connectivity index (χ1v) is 11.2. The third kappa shape index (κ3) is 4.38. The SMILES string of the molecule is COc1ccc(CNC(=O)Cn2ncc3c4ccccc4n(Cc4ccccc4F)c3c2=O)cc1. The van der Waals surface area contributed by atoms with Crippen LogP contribution in [0.3, 0.4) is 0 Å². The zero-order chi connectivity index (χ0) is 24.4. The Morgan fingerprint density at radius 3 is 2.51 bits per heavy atom. The predicted molar refractivity (Wildman–Crippen MR) is 132 cm³/mol. The number of halogens is 1. The summed E-state index contributed by atoms with van der Waals surface area (Å²) in [6.45, 7) is 0.263. The maximum atomic E-state index is 14.4. The molecule has 0 bridgehead atoms. The minimum atomic E-state index is -0.408. The molecule has 35 heavy (non-hydrogen) atoms. The van der Waals surface area contributed by atoms with Crippen LogP contribution in [0.5, 0.6) is 5.75 Å². The summed E-state index contributed by atoms with van der Waals surface area (Å²) in [4.78, 5) is 26.1. The Morgan fingerprint density at radius 1 is 1.00 bits per heavy atom. The van der Waals surface area contributed by atoms with Gasteiger partial charge in [0, 0.05) is 28.4 Å². The second-order valence-corrected chi connectivity index (χ2v) is 8.19. The predicted octanol–water partition coefficient (Wildman–Crippen LogP) is 3.86. The van der Waals surface area contributed by atoms with Crippen molar-refractivity contribution >= 4 is 27.7 Å². The van der Waals surface area contributed by atoms with E-state index in [2.05, 4.69) is 10.4 Å². The maximum absolute atomic E-state index is 14.4. The minimum absolute atomic E-state index is 0.180. The average molecular weight is 471 g/mol. The maximum Gasteiger partial charge on any atom is 0.291 e. The molecule has 7 nitrogen and oxygen atoms in total. The molecule has 2 heterocycles. The fourth-order valence-corrected chi connectivity index (χ4v) is 4.20. The molecule has 0 unspecified atom stereocenters. The first-order valence-electron chi connectivity index (χ1n) is 11.2. The van der Waals surface area contributed by atoms with Gasteiger partial charge in [-0.25, -0.2) is 9.07 Å². The summed E-state index contributed by atoms with van der Waals surface area (Å²) in [6.07, 6.45) is 1.59. The molecule has 1 N–H and O–H groups in total. The topological polar surface area (TPSA) is 78.2 Å². The van der Waals surface area contributed by atoms with E-state index in [4.69, 9.17) is 4.74 Å². The highest BCUT2D eigenvalue weighted by Crippen LogP contribution is 2.27. The van der Waals surface area contributed by atoms with Gasteiger partial charge in [-0.1, -0.05) is 48.5 Å². The van der Waals surface area contributed by atoms with Crippen LogP contribution in [0.25, 0.3) is 21.8 Å². The Labute approximate surface area is 200 Å². The van der Waals surface area contributed by atoms with E-state index < -0.39 is 5.56 Å². The molecule has 0 saturated heterocycles. The van der Waals surface area contributed by atoms with Crippen molar-refractivity contribution < 1.29 is 13.9 Å². The van der Waals surface area contributed by atoms with Gasteiger partial charge in [-0.15, -0.1) is 0 Å². The van der Waals surface area contributed by atoms with Crippen molar-refractivity contribution in [2.75, 3.05) is 7.11 Å². The number of nitrogens with one attached hydrogen (secondary N) is 1. The van der Waals surface area contributed by atoms with Crippen molar-refractivity contribution in [2.45, 2.75) is 19.6 Å². The van der Waals surface area contributed by atoms with Crippen molar-refractivity contribution in [1.29, 1.82) is 0 Å². The number of amides is 1. The molecular weight excluding hydrogens is 447 g/mol. The lowest BCUT2D eigenvalue weighted by Gasteiger charge is -2.10. The number of ether oxygens (including phenoxy) is 1. The second-order valence-electron chi connectivity index (χ2n) is 8.19. The van der Waals surface area contributed by atoms with Crippen LogP contribution in [0.15, 0.2) is 83.8 Å². The Bertz CT molecular complexity index is 1590. The number of para-hydroxylation sites is 1. The van der Waals surface area contributed by atoms with E-state index >= 15 is 0 Å². The molecule has 5 aromatic rings. The zero-order valence-corrected chi connectivity index (χ0v) is 19.1. The molecular formula is C27H23FN4O3. The number of nitrogens with zero attached hydrogens (tertiary/aromatic N) is 3. The summed E-state index contributed by atoms with van der Waals surface area (Å²) in [7, 11) is 1.59. The number of hydrogen-bond acceptors (Lipinski definition) is 4. The zero-order valence-electron chi connectivity index (χ0n) is 19.1. The van der Waals surface area contributed by atoms with Crippen LogP contribution < -0.4 is 15.6 Å². The highest BCUT2D eigenvalue weighted by molar-refractivity contribution is 6.07. The first-order chi connectivity index (χ1) is 17.0. The van der Waals surface area contributed by atoms with Crippen molar-refractivity contribution in [2.24, 2.45) is 0 Å². The Morgan fingerprint density at radius 2 is 1.74 bits per heavy atom. The molecule has 8 heteroatoms. The van der Waals surface area contributed by atoms with E-state index in [1.165, 1.54) is 6.07 Å². The number of hydrogen-bond donors (Lipinski definition) is 1. The lowest BCUT2D eigenvalue weighted by molar-refractivity contribution is -0.122. The minimum Gasteiger partial charge on any atom is -0.497 e. The Kier molecular flexibility index (Phi) is 6.01. The third-order valence-electron chi connectivity index (χ3n) is 6.00. The molecule has 0 aliphatic carbocycles. The van der Waals surface area contributed by atoms with Gasteiger partial charge in [0.1, 0.15) is 23.6 Å². The van der Waals surface area contributed by atoms with Crippen molar-refractivity contribution in [1.82, 2.24) is 19.7 Å². The van der Waals surface area contributed by atoms with Gasteiger partial charge in [-0.05, 0) is 29.8 Å². The lowest BCUT2D eigenvalue weighted by atomic mass is 10.2. The summed E-state index contributed by atoms with van der Waals surface area (Å²) in [5, 5.41) is 8.57.